The van der Waals surface area contributed by atoms with Crippen LogP contribution in [0.15, 0.2) is 42.5 Å². The summed E-state index contributed by atoms with van der Waals surface area (Å²) in [6, 6.07) is 11.2. The first-order chi connectivity index (χ1) is 12.4. The minimum absolute atomic E-state index is 0.00538. The number of carboxylic acids is 1. The monoisotopic (exact) mass is 357 g/mol. The number of hydrogen-bond acceptors (Lipinski definition) is 7. The van der Waals surface area contributed by atoms with Crippen LogP contribution in [0.5, 0.6) is 5.75 Å². The third kappa shape index (κ3) is 6.33. The second-order valence-electron chi connectivity index (χ2n) is 5.50. The molecule has 8 heteroatoms. The standard InChI is InChI=1S/C18H19N3O5/c19-17-3-1-2-13(21-17)8-14(22)9-20-10-16(23)12-4-6-15(7-5-12)26-11-18(24)25/h1-7,20H,8-11H2,(H2,19,21)(H,24,25). The number of benzene rings is 1. The predicted molar refractivity (Wildman–Crippen MR) is 94.1 cm³/mol. The Balaban J connectivity index is 1.75. The van der Waals surface area contributed by atoms with Gasteiger partial charge < -0.3 is 20.9 Å². The molecule has 2 rings (SSSR count). The summed E-state index contributed by atoms with van der Waals surface area (Å²) < 4.78 is 4.99. The normalized spacial score (nSPS) is 10.3. The van der Waals surface area contributed by atoms with Gasteiger partial charge in [-0.2, -0.15) is 0 Å². The summed E-state index contributed by atoms with van der Waals surface area (Å²) in [7, 11) is 0. The molecule has 1 aromatic heterocycles. The molecule has 8 nitrogen and oxygen atoms in total. The molecule has 26 heavy (non-hydrogen) atoms. The van der Waals surface area contributed by atoms with Crippen LogP contribution in [0.1, 0.15) is 16.1 Å². The molecule has 4 N–H and O–H groups in total. The van der Waals surface area contributed by atoms with Crippen LogP contribution in [-0.2, 0) is 16.0 Å². The van der Waals surface area contributed by atoms with Crippen molar-refractivity contribution in [1.29, 1.82) is 0 Å². The molecule has 1 heterocycles. The molecular weight excluding hydrogens is 338 g/mol. The van der Waals surface area contributed by atoms with Gasteiger partial charge in [-0.15, -0.1) is 0 Å². The van der Waals surface area contributed by atoms with E-state index in [1.165, 1.54) is 12.1 Å². The summed E-state index contributed by atoms with van der Waals surface area (Å²) in [4.78, 5) is 38.4. The van der Waals surface area contributed by atoms with Gasteiger partial charge in [0, 0.05) is 5.56 Å². The highest BCUT2D eigenvalue weighted by atomic mass is 16.5. The number of nitrogens with one attached hydrogen (secondary N) is 1. The predicted octanol–water partition coefficient (Wildman–Crippen LogP) is 0.711. The van der Waals surface area contributed by atoms with E-state index in [1.807, 2.05) is 0 Å². The van der Waals surface area contributed by atoms with E-state index < -0.39 is 12.6 Å². The highest BCUT2D eigenvalue weighted by Gasteiger charge is 2.09. The number of nitrogen functional groups attached to an aromatic ring is 1. The average molecular weight is 357 g/mol. The number of hydrogen-bond donors (Lipinski definition) is 3. The molecule has 0 fully saturated rings. The molecule has 0 saturated heterocycles. The molecule has 1 aromatic carbocycles. The van der Waals surface area contributed by atoms with Crippen LogP contribution in [0.2, 0.25) is 0 Å². The number of anilines is 1. The number of aromatic nitrogens is 1. The Morgan fingerprint density at radius 3 is 2.46 bits per heavy atom. The molecule has 0 spiro atoms. The van der Waals surface area contributed by atoms with E-state index in [2.05, 4.69) is 10.3 Å². The third-order valence-corrected chi connectivity index (χ3v) is 3.35. The Hall–Kier alpha value is -3.26. The SMILES string of the molecule is Nc1cccc(CC(=O)CNCC(=O)c2ccc(OCC(=O)O)cc2)n1. The zero-order valence-electron chi connectivity index (χ0n) is 14.0. The molecule has 0 bridgehead atoms. The van der Waals surface area contributed by atoms with Crippen LogP contribution >= 0.6 is 0 Å². The fraction of sp³-hybridized carbons (Fsp3) is 0.222. The number of nitrogens with two attached hydrogens (primary N) is 1. The number of aliphatic carboxylic acids is 1. The second kappa shape index (κ2) is 9.28. The smallest absolute Gasteiger partial charge is 0.341 e. The van der Waals surface area contributed by atoms with Crippen molar-refractivity contribution in [2.24, 2.45) is 0 Å². The van der Waals surface area contributed by atoms with Gasteiger partial charge in [0.05, 0.1) is 25.2 Å². The topological polar surface area (TPSA) is 132 Å². The van der Waals surface area contributed by atoms with E-state index in [9.17, 15) is 14.4 Å². The van der Waals surface area contributed by atoms with Crippen molar-refractivity contribution in [1.82, 2.24) is 10.3 Å². The first-order valence-electron chi connectivity index (χ1n) is 7.85. The highest BCUT2D eigenvalue weighted by molar-refractivity contribution is 5.98. The van der Waals surface area contributed by atoms with Gasteiger partial charge in [0.25, 0.3) is 0 Å². The molecule has 0 atom stereocenters. The number of nitrogens with zero attached hydrogens (tertiary/aromatic N) is 1. The Labute approximate surface area is 150 Å². The Morgan fingerprint density at radius 2 is 1.81 bits per heavy atom. The molecule has 2 aromatic rings. The number of pyridine rings is 1. The van der Waals surface area contributed by atoms with E-state index in [0.29, 0.717) is 22.8 Å². The maximum atomic E-state index is 12.1. The molecule has 0 saturated carbocycles. The van der Waals surface area contributed by atoms with Crippen molar-refractivity contribution in [3.8, 4) is 5.75 Å². The highest BCUT2D eigenvalue weighted by Crippen LogP contribution is 2.12. The van der Waals surface area contributed by atoms with Gasteiger partial charge in [-0.05, 0) is 36.4 Å². The first kappa shape index (κ1) is 19.1. The van der Waals surface area contributed by atoms with Crippen molar-refractivity contribution >= 4 is 23.4 Å². The summed E-state index contributed by atoms with van der Waals surface area (Å²) in [5.74, 6) is -0.652. The summed E-state index contributed by atoms with van der Waals surface area (Å²) in [6.07, 6.45) is 0.141. The number of ether oxygens (including phenoxy) is 1. The van der Waals surface area contributed by atoms with Crippen molar-refractivity contribution in [3.05, 3.63) is 53.7 Å². The summed E-state index contributed by atoms with van der Waals surface area (Å²) in [5.41, 5.74) is 6.58. The minimum atomic E-state index is -1.08. The number of carbonyl (C=O) groups is 3. The summed E-state index contributed by atoms with van der Waals surface area (Å²) in [5, 5.41) is 11.3. The van der Waals surface area contributed by atoms with Crippen LogP contribution in [0.25, 0.3) is 0 Å². The van der Waals surface area contributed by atoms with Crippen LogP contribution in [0, 0.1) is 0 Å². The van der Waals surface area contributed by atoms with Crippen LogP contribution in [0.3, 0.4) is 0 Å². The Kier molecular flexibility index (Phi) is 6.81. The number of Topliss-reactive ketones (excluding diaryl/α,β-unsaturated/α-hetero) is 2. The molecule has 0 unspecified atom stereocenters. The number of rotatable bonds is 10. The van der Waals surface area contributed by atoms with E-state index in [-0.39, 0.29) is 31.1 Å². The first-order valence-corrected chi connectivity index (χ1v) is 7.85. The largest absolute Gasteiger partial charge is 0.482 e. The van der Waals surface area contributed by atoms with Crippen LogP contribution in [-0.4, -0.2) is 47.3 Å². The molecule has 0 aliphatic heterocycles. The lowest BCUT2D eigenvalue weighted by Crippen LogP contribution is -2.29. The van der Waals surface area contributed by atoms with Crippen molar-refractivity contribution in [3.63, 3.8) is 0 Å². The fourth-order valence-corrected chi connectivity index (χ4v) is 2.16. The zero-order chi connectivity index (χ0) is 18.9. The third-order valence-electron chi connectivity index (χ3n) is 3.35. The maximum absolute atomic E-state index is 12.1. The lowest BCUT2D eigenvalue weighted by atomic mass is 10.1. The lowest BCUT2D eigenvalue weighted by Gasteiger charge is -2.06. The van der Waals surface area contributed by atoms with Gasteiger partial charge in [-0.25, -0.2) is 9.78 Å². The average Bonchev–Trinajstić information content (AvgIpc) is 2.60. The fourth-order valence-electron chi connectivity index (χ4n) is 2.16. The van der Waals surface area contributed by atoms with Crippen LogP contribution in [0.4, 0.5) is 5.82 Å². The minimum Gasteiger partial charge on any atom is -0.482 e. The van der Waals surface area contributed by atoms with E-state index in [0.717, 1.165) is 0 Å². The molecule has 0 amide bonds. The molecule has 136 valence electrons. The molecular formula is C18H19N3O5. The van der Waals surface area contributed by atoms with Gasteiger partial charge in [-0.3, -0.25) is 9.59 Å². The van der Waals surface area contributed by atoms with Crippen molar-refractivity contribution in [2.75, 3.05) is 25.4 Å². The lowest BCUT2D eigenvalue weighted by molar-refractivity contribution is -0.139. The quantitative estimate of drug-likeness (QED) is 0.530. The number of carboxylic acid groups (broad SMARTS) is 1. The van der Waals surface area contributed by atoms with Gasteiger partial charge in [0.1, 0.15) is 11.6 Å². The Bertz CT molecular complexity index is 790. The van der Waals surface area contributed by atoms with Crippen molar-refractivity contribution in [2.45, 2.75) is 6.42 Å². The van der Waals surface area contributed by atoms with Gasteiger partial charge in [0.15, 0.2) is 18.2 Å². The maximum Gasteiger partial charge on any atom is 0.341 e. The van der Waals surface area contributed by atoms with E-state index in [4.69, 9.17) is 15.6 Å². The second-order valence-corrected chi connectivity index (χ2v) is 5.50. The summed E-state index contributed by atoms with van der Waals surface area (Å²) >= 11 is 0. The van der Waals surface area contributed by atoms with Crippen LogP contribution < -0.4 is 15.8 Å². The Morgan fingerprint density at radius 1 is 1.08 bits per heavy atom. The van der Waals surface area contributed by atoms with Gasteiger partial charge in [-0.1, -0.05) is 6.07 Å². The van der Waals surface area contributed by atoms with E-state index >= 15 is 0 Å². The van der Waals surface area contributed by atoms with E-state index in [1.54, 1.807) is 30.3 Å². The molecule has 0 aliphatic rings. The summed E-state index contributed by atoms with van der Waals surface area (Å²) in [6.45, 7) is -0.396. The number of ketones is 2. The molecule has 0 aliphatic carbocycles. The van der Waals surface area contributed by atoms with Crippen molar-refractivity contribution < 1.29 is 24.2 Å². The van der Waals surface area contributed by atoms with Gasteiger partial charge in [0.2, 0.25) is 0 Å². The van der Waals surface area contributed by atoms with Gasteiger partial charge >= 0.3 is 5.97 Å². The zero-order valence-corrected chi connectivity index (χ0v) is 14.0. The number of carbonyl (C=O) groups excluding carboxylic acids is 2. The molecule has 0 radical (unpaired) electrons.